The monoisotopic (exact) mass is 359 g/mol. The molecule has 3 rings (SSSR count). The first-order chi connectivity index (χ1) is 12.5. The molecular formula is C20H33N5O. The van der Waals surface area contributed by atoms with Crippen LogP contribution in [0.3, 0.4) is 0 Å². The Kier molecular flexibility index (Phi) is 6.12. The van der Waals surface area contributed by atoms with Gasteiger partial charge in [0.1, 0.15) is 12.1 Å². The highest BCUT2D eigenvalue weighted by Crippen LogP contribution is 2.40. The predicted octanol–water partition coefficient (Wildman–Crippen LogP) is 2.20. The van der Waals surface area contributed by atoms with E-state index >= 15 is 0 Å². The fourth-order valence-electron chi connectivity index (χ4n) is 4.43. The Morgan fingerprint density at radius 1 is 1.27 bits per heavy atom. The van der Waals surface area contributed by atoms with Crippen LogP contribution in [0.2, 0.25) is 0 Å². The fourth-order valence-corrected chi connectivity index (χ4v) is 4.43. The highest BCUT2D eigenvalue weighted by atomic mass is 16.2. The van der Waals surface area contributed by atoms with Crippen molar-refractivity contribution in [2.45, 2.75) is 45.4 Å². The van der Waals surface area contributed by atoms with Crippen LogP contribution in [0.4, 0.5) is 5.82 Å². The van der Waals surface area contributed by atoms with Gasteiger partial charge in [-0.25, -0.2) is 9.97 Å². The van der Waals surface area contributed by atoms with Gasteiger partial charge in [-0.05, 0) is 39.8 Å². The van der Waals surface area contributed by atoms with E-state index in [1.165, 1.54) is 18.4 Å². The van der Waals surface area contributed by atoms with E-state index in [4.69, 9.17) is 0 Å². The highest BCUT2D eigenvalue weighted by molar-refractivity contribution is 5.77. The smallest absolute Gasteiger partial charge is 0.222 e. The second-order valence-electron chi connectivity index (χ2n) is 8.27. The molecule has 144 valence electrons. The second kappa shape index (κ2) is 8.33. The van der Waals surface area contributed by atoms with Gasteiger partial charge in [-0.2, -0.15) is 0 Å². The van der Waals surface area contributed by atoms with Gasteiger partial charge >= 0.3 is 0 Å². The number of hydrogen-bond acceptors (Lipinski definition) is 5. The van der Waals surface area contributed by atoms with Crippen molar-refractivity contribution in [2.24, 2.45) is 5.41 Å². The first-order valence-corrected chi connectivity index (χ1v) is 9.99. The highest BCUT2D eigenvalue weighted by Gasteiger charge is 2.42. The lowest BCUT2D eigenvalue weighted by Crippen LogP contribution is -2.55. The Morgan fingerprint density at radius 2 is 2.12 bits per heavy atom. The average Bonchev–Trinajstić information content (AvgIpc) is 2.63. The maximum absolute atomic E-state index is 12.4. The van der Waals surface area contributed by atoms with Gasteiger partial charge in [-0.3, -0.25) is 4.79 Å². The van der Waals surface area contributed by atoms with E-state index in [1.54, 1.807) is 6.33 Å². The summed E-state index contributed by atoms with van der Waals surface area (Å²) in [4.78, 5) is 28.0. The van der Waals surface area contributed by atoms with E-state index in [2.05, 4.69) is 45.7 Å². The number of rotatable bonds is 6. The molecule has 0 N–H and O–H groups in total. The molecule has 0 radical (unpaired) electrons. The zero-order chi connectivity index (χ0) is 18.6. The molecule has 1 atom stereocenters. The zero-order valence-corrected chi connectivity index (χ0v) is 16.6. The van der Waals surface area contributed by atoms with E-state index in [0.717, 1.165) is 57.8 Å². The van der Waals surface area contributed by atoms with Crippen molar-refractivity contribution < 1.29 is 4.79 Å². The van der Waals surface area contributed by atoms with Gasteiger partial charge in [0.25, 0.3) is 0 Å². The third-order valence-electron chi connectivity index (χ3n) is 5.81. The Balaban J connectivity index is 1.74. The molecule has 1 spiro atoms. The summed E-state index contributed by atoms with van der Waals surface area (Å²) >= 11 is 0. The summed E-state index contributed by atoms with van der Waals surface area (Å²) in [5, 5.41) is 0. The summed E-state index contributed by atoms with van der Waals surface area (Å²) in [6.07, 6.45) is 9.85. The third kappa shape index (κ3) is 4.34. The first-order valence-electron chi connectivity index (χ1n) is 9.99. The van der Waals surface area contributed by atoms with Gasteiger partial charge in [0, 0.05) is 56.3 Å². The van der Waals surface area contributed by atoms with E-state index in [0.29, 0.717) is 12.3 Å². The molecule has 1 unspecified atom stereocenters. The average molecular weight is 360 g/mol. The van der Waals surface area contributed by atoms with Crippen molar-refractivity contribution in [3.05, 3.63) is 18.1 Å². The summed E-state index contributed by atoms with van der Waals surface area (Å²) in [5.74, 6) is 1.43. The quantitative estimate of drug-likeness (QED) is 0.779. The number of carbonyl (C=O) groups excluding carboxylic acids is 1. The van der Waals surface area contributed by atoms with Gasteiger partial charge in [-0.15, -0.1) is 0 Å². The molecule has 3 heterocycles. The number of aromatic nitrogens is 2. The molecule has 0 aromatic carbocycles. The number of piperidine rings is 2. The third-order valence-corrected chi connectivity index (χ3v) is 5.81. The number of carbonyl (C=O) groups is 1. The Morgan fingerprint density at radius 3 is 2.88 bits per heavy atom. The molecule has 0 saturated carbocycles. The van der Waals surface area contributed by atoms with Crippen LogP contribution in [-0.4, -0.2) is 72.5 Å². The van der Waals surface area contributed by atoms with Crippen molar-refractivity contribution in [3.8, 4) is 0 Å². The molecule has 1 amide bonds. The zero-order valence-electron chi connectivity index (χ0n) is 16.6. The van der Waals surface area contributed by atoms with Crippen molar-refractivity contribution in [1.82, 2.24) is 19.8 Å². The summed E-state index contributed by atoms with van der Waals surface area (Å²) < 4.78 is 0. The van der Waals surface area contributed by atoms with Crippen molar-refractivity contribution in [3.63, 3.8) is 0 Å². The maximum Gasteiger partial charge on any atom is 0.222 e. The van der Waals surface area contributed by atoms with Gasteiger partial charge in [-0.1, -0.05) is 13.3 Å². The summed E-state index contributed by atoms with van der Waals surface area (Å²) in [5.41, 5.74) is 1.47. The van der Waals surface area contributed by atoms with Gasteiger partial charge in [0.2, 0.25) is 5.91 Å². The van der Waals surface area contributed by atoms with E-state index in [1.807, 2.05) is 6.20 Å². The lowest BCUT2D eigenvalue weighted by Gasteiger charge is -2.49. The lowest BCUT2D eigenvalue weighted by molar-refractivity contribution is -0.138. The van der Waals surface area contributed by atoms with Gasteiger partial charge < -0.3 is 14.7 Å². The number of likely N-dealkylation sites (N-methyl/N-ethyl adjacent to an activating group) is 1. The van der Waals surface area contributed by atoms with Crippen LogP contribution in [0.5, 0.6) is 0 Å². The molecule has 2 saturated heterocycles. The molecule has 1 aromatic rings. The van der Waals surface area contributed by atoms with Crippen LogP contribution in [0, 0.1) is 5.41 Å². The van der Waals surface area contributed by atoms with E-state index < -0.39 is 0 Å². The standard InChI is InChI=1S/C20H33N5O/c1-4-6-17-13-21-16-22-19(17)25-10-5-8-20(15-25)9-7-18(26)24(14-20)12-11-23(2)3/h13,16H,4-12,14-15H2,1-3H3. The molecule has 0 aliphatic carbocycles. The summed E-state index contributed by atoms with van der Waals surface area (Å²) in [6.45, 7) is 6.92. The Bertz CT molecular complexity index is 620. The molecule has 6 nitrogen and oxygen atoms in total. The van der Waals surface area contributed by atoms with Crippen LogP contribution in [0.15, 0.2) is 12.5 Å². The second-order valence-corrected chi connectivity index (χ2v) is 8.27. The molecule has 1 aromatic heterocycles. The minimum atomic E-state index is 0.215. The molecular weight excluding hydrogens is 326 g/mol. The number of aryl methyl sites for hydroxylation is 1. The fraction of sp³-hybridized carbons (Fsp3) is 0.750. The largest absolute Gasteiger partial charge is 0.356 e. The number of nitrogens with zero attached hydrogens (tertiary/aromatic N) is 5. The Labute approximate surface area is 157 Å². The van der Waals surface area contributed by atoms with Crippen LogP contribution in [0.1, 0.15) is 44.6 Å². The molecule has 0 bridgehead atoms. The minimum absolute atomic E-state index is 0.215. The van der Waals surface area contributed by atoms with E-state index in [9.17, 15) is 4.79 Å². The summed E-state index contributed by atoms with van der Waals surface area (Å²) in [6, 6.07) is 0. The van der Waals surface area contributed by atoms with Crippen LogP contribution in [0.25, 0.3) is 0 Å². The van der Waals surface area contributed by atoms with Crippen molar-refractivity contribution in [2.75, 3.05) is 51.7 Å². The van der Waals surface area contributed by atoms with Crippen LogP contribution < -0.4 is 4.90 Å². The minimum Gasteiger partial charge on any atom is -0.356 e. The maximum atomic E-state index is 12.4. The molecule has 2 aliphatic rings. The number of anilines is 1. The van der Waals surface area contributed by atoms with Crippen LogP contribution in [-0.2, 0) is 11.2 Å². The van der Waals surface area contributed by atoms with E-state index in [-0.39, 0.29) is 5.41 Å². The van der Waals surface area contributed by atoms with Crippen molar-refractivity contribution in [1.29, 1.82) is 0 Å². The molecule has 2 aliphatic heterocycles. The van der Waals surface area contributed by atoms with Gasteiger partial charge in [0.15, 0.2) is 0 Å². The topological polar surface area (TPSA) is 52.6 Å². The SMILES string of the molecule is CCCc1cncnc1N1CCCC2(CCC(=O)N(CCN(C)C)C2)C1. The summed E-state index contributed by atoms with van der Waals surface area (Å²) in [7, 11) is 4.13. The van der Waals surface area contributed by atoms with Crippen molar-refractivity contribution >= 4 is 11.7 Å². The number of hydrogen-bond donors (Lipinski definition) is 0. The molecule has 6 heteroatoms. The Hall–Kier alpha value is -1.69. The lowest BCUT2D eigenvalue weighted by atomic mass is 9.73. The molecule has 2 fully saturated rings. The molecule has 26 heavy (non-hydrogen) atoms. The first kappa shape index (κ1) is 19.1. The number of amides is 1. The van der Waals surface area contributed by atoms with Crippen LogP contribution >= 0.6 is 0 Å². The number of likely N-dealkylation sites (tertiary alicyclic amines) is 1. The predicted molar refractivity (Wildman–Crippen MR) is 104 cm³/mol. The van der Waals surface area contributed by atoms with Gasteiger partial charge in [0.05, 0.1) is 0 Å². The normalized spacial score (nSPS) is 23.9.